The first-order valence-corrected chi connectivity index (χ1v) is 10.2. The van der Waals surface area contributed by atoms with Crippen molar-refractivity contribution < 1.29 is 19.0 Å². The van der Waals surface area contributed by atoms with Crippen molar-refractivity contribution in [3.63, 3.8) is 0 Å². The number of nitrogens with one attached hydrogen (secondary N) is 2. The first-order chi connectivity index (χ1) is 14.6. The minimum Gasteiger partial charge on any atom is -0.508 e. The van der Waals surface area contributed by atoms with Crippen LogP contribution < -0.4 is 20.1 Å². The van der Waals surface area contributed by atoms with E-state index in [1.807, 2.05) is 36.4 Å². The van der Waals surface area contributed by atoms with Crippen LogP contribution in [-0.2, 0) is 0 Å². The monoisotopic (exact) mass is 468 g/mol. The topological polar surface area (TPSA) is 62.8 Å². The lowest BCUT2D eigenvalue weighted by Crippen LogP contribution is -2.39. The molecule has 5 rings (SSSR count). The summed E-state index contributed by atoms with van der Waals surface area (Å²) in [5.74, 6) is 1.25. The predicted octanol–water partition coefficient (Wildman–Crippen LogP) is 5.00. The van der Waals surface area contributed by atoms with Crippen molar-refractivity contribution in [2.75, 3.05) is 6.79 Å². The van der Waals surface area contributed by atoms with E-state index in [0.717, 1.165) is 21.3 Å². The minimum atomic E-state index is -0.366. The highest BCUT2D eigenvalue weighted by atomic mass is 79.9. The Morgan fingerprint density at radius 3 is 2.73 bits per heavy atom. The first-order valence-electron chi connectivity index (χ1n) is 9.45. The van der Waals surface area contributed by atoms with E-state index in [1.54, 1.807) is 18.2 Å². The van der Waals surface area contributed by atoms with Crippen molar-refractivity contribution in [3.05, 3.63) is 93.7 Å². The molecule has 3 aromatic rings. The Hall–Kier alpha value is -3.03. The van der Waals surface area contributed by atoms with Gasteiger partial charge in [-0.25, -0.2) is 4.39 Å². The summed E-state index contributed by atoms with van der Waals surface area (Å²) in [5.41, 5.74) is 3.21. The maximum atomic E-state index is 13.9. The van der Waals surface area contributed by atoms with E-state index < -0.39 is 0 Å². The highest BCUT2D eigenvalue weighted by molar-refractivity contribution is 9.10. The second-order valence-corrected chi connectivity index (χ2v) is 8.04. The summed E-state index contributed by atoms with van der Waals surface area (Å²) in [5, 5.41) is 17.3. The van der Waals surface area contributed by atoms with Crippen LogP contribution in [0.3, 0.4) is 0 Å². The Morgan fingerprint density at radius 2 is 1.87 bits per heavy atom. The predicted molar refractivity (Wildman–Crippen MR) is 115 cm³/mol. The number of fused-ring (bicyclic) bond motifs is 1. The molecule has 2 heterocycles. The molecule has 2 unspecified atom stereocenters. The summed E-state index contributed by atoms with van der Waals surface area (Å²) in [6, 6.07) is 17.2. The number of hydrogen-bond acceptors (Lipinski definition) is 5. The van der Waals surface area contributed by atoms with E-state index in [-0.39, 0.29) is 30.6 Å². The number of phenols is 1. The molecule has 2 aliphatic rings. The molecule has 0 fully saturated rings. The van der Waals surface area contributed by atoms with Crippen molar-refractivity contribution in [3.8, 4) is 17.2 Å². The molecule has 0 amide bonds. The van der Waals surface area contributed by atoms with Crippen LogP contribution in [0, 0.1) is 5.82 Å². The smallest absolute Gasteiger partial charge is 0.231 e. The normalized spacial score (nSPS) is 19.9. The lowest BCUT2D eigenvalue weighted by molar-refractivity contribution is 0.174. The molecule has 5 nitrogen and oxygen atoms in total. The maximum absolute atomic E-state index is 13.9. The molecule has 0 aromatic heterocycles. The third kappa shape index (κ3) is 3.62. The van der Waals surface area contributed by atoms with Gasteiger partial charge in [-0.2, -0.15) is 0 Å². The van der Waals surface area contributed by atoms with Gasteiger partial charge in [0.05, 0.1) is 6.04 Å². The van der Waals surface area contributed by atoms with Crippen LogP contribution in [0.4, 0.5) is 4.39 Å². The quantitative estimate of drug-likeness (QED) is 0.504. The molecule has 152 valence electrons. The molecule has 30 heavy (non-hydrogen) atoms. The van der Waals surface area contributed by atoms with E-state index in [0.29, 0.717) is 17.1 Å². The van der Waals surface area contributed by atoms with E-state index in [4.69, 9.17) is 9.47 Å². The van der Waals surface area contributed by atoms with Crippen LogP contribution in [0.2, 0.25) is 0 Å². The Balaban J connectivity index is 1.58. The van der Waals surface area contributed by atoms with Gasteiger partial charge in [0.25, 0.3) is 0 Å². The van der Waals surface area contributed by atoms with Crippen molar-refractivity contribution in [1.29, 1.82) is 0 Å². The standard InChI is InChI=1S/C23H18BrFN2O3/c24-15-5-6-20(28)17(10-15)19-11-18(13-4-7-21-22(9-13)30-12-29-21)26-23(27-19)14-2-1-3-16(25)8-14/h1-11,19,23,26-28H,12H2. The van der Waals surface area contributed by atoms with Crippen LogP contribution >= 0.6 is 15.9 Å². The number of halogens is 2. The van der Waals surface area contributed by atoms with Gasteiger partial charge in [0.1, 0.15) is 17.7 Å². The van der Waals surface area contributed by atoms with Crippen molar-refractivity contribution in [2.24, 2.45) is 0 Å². The molecule has 3 N–H and O–H groups in total. The summed E-state index contributed by atoms with van der Waals surface area (Å²) in [6.45, 7) is 0.202. The van der Waals surface area contributed by atoms with Gasteiger partial charge in [-0.1, -0.05) is 28.1 Å². The molecule has 0 saturated carbocycles. The Morgan fingerprint density at radius 1 is 1.00 bits per heavy atom. The molecule has 2 aliphatic heterocycles. The number of aromatic hydroxyl groups is 1. The van der Waals surface area contributed by atoms with Gasteiger partial charge in [-0.3, -0.25) is 5.32 Å². The van der Waals surface area contributed by atoms with Gasteiger partial charge in [-0.05, 0) is 60.2 Å². The first kappa shape index (κ1) is 19.0. The zero-order chi connectivity index (χ0) is 20.7. The van der Waals surface area contributed by atoms with Crippen LogP contribution in [0.15, 0.2) is 71.2 Å². The van der Waals surface area contributed by atoms with Gasteiger partial charge in [0.2, 0.25) is 6.79 Å². The molecule has 0 spiro atoms. The summed E-state index contributed by atoms with van der Waals surface area (Å²) in [7, 11) is 0. The Kier molecular flexibility index (Phi) is 4.84. The van der Waals surface area contributed by atoms with Crippen LogP contribution in [0.25, 0.3) is 5.70 Å². The fourth-order valence-electron chi connectivity index (χ4n) is 3.70. The highest BCUT2D eigenvalue weighted by Gasteiger charge is 2.27. The molecular formula is C23H18BrFN2O3. The summed E-state index contributed by atoms with van der Waals surface area (Å²) in [6.07, 6.45) is 1.63. The zero-order valence-corrected chi connectivity index (χ0v) is 17.3. The largest absolute Gasteiger partial charge is 0.508 e. The molecule has 0 aliphatic carbocycles. The van der Waals surface area contributed by atoms with Crippen molar-refractivity contribution in [2.45, 2.75) is 12.2 Å². The second-order valence-electron chi connectivity index (χ2n) is 7.13. The van der Waals surface area contributed by atoms with E-state index in [1.165, 1.54) is 12.1 Å². The average Bonchev–Trinajstić information content (AvgIpc) is 3.23. The lowest BCUT2D eigenvalue weighted by Gasteiger charge is -2.33. The molecule has 3 aromatic carbocycles. The fraction of sp³-hybridized carbons (Fsp3) is 0.130. The SMILES string of the molecule is Oc1ccc(Br)cc1C1C=C(c2ccc3c(c2)OCO3)NC(c2cccc(F)c2)N1. The molecule has 0 bridgehead atoms. The summed E-state index contributed by atoms with van der Waals surface area (Å²) >= 11 is 3.47. The molecule has 0 saturated heterocycles. The summed E-state index contributed by atoms with van der Waals surface area (Å²) < 4.78 is 25.7. The third-order valence-corrected chi connectivity index (χ3v) is 5.66. The van der Waals surface area contributed by atoms with Crippen molar-refractivity contribution >= 4 is 21.6 Å². The summed E-state index contributed by atoms with van der Waals surface area (Å²) in [4.78, 5) is 0. The number of ether oxygens (including phenoxy) is 2. The van der Waals surface area contributed by atoms with Gasteiger partial charge in [0, 0.05) is 21.3 Å². The zero-order valence-electron chi connectivity index (χ0n) is 15.7. The number of phenolic OH excluding ortho intramolecular Hbond substituents is 1. The Bertz CT molecular complexity index is 1150. The fourth-order valence-corrected chi connectivity index (χ4v) is 4.08. The second kappa shape index (κ2) is 7.66. The molecule has 7 heteroatoms. The highest BCUT2D eigenvalue weighted by Crippen LogP contribution is 2.38. The number of benzene rings is 3. The molecule has 2 atom stereocenters. The minimum absolute atomic E-state index is 0.178. The van der Waals surface area contributed by atoms with Gasteiger partial charge >= 0.3 is 0 Å². The Labute approximate surface area is 181 Å². The van der Waals surface area contributed by atoms with Gasteiger partial charge in [-0.15, -0.1) is 0 Å². The molecule has 0 radical (unpaired) electrons. The average molecular weight is 469 g/mol. The lowest BCUT2D eigenvalue weighted by atomic mass is 9.97. The van der Waals surface area contributed by atoms with Crippen LogP contribution in [-0.4, -0.2) is 11.9 Å². The van der Waals surface area contributed by atoms with Crippen molar-refractivity contribution in [1.82, 2.24) is 10.6 Å². The number of hydrogen-bond donors (Lipinski definition) is 3. The third-order valence-electron chi connectivity index (χ3n) is 5.17. The van der Waals surface area contributed by atoms with E-state index in [2.05, 4.69) is 26.6 Å². The van der Waals surface area contributed by atoms with E-state index in [9.17, 15) is 9.50 Å². The van der Waals surface area contributed by atoms with Gasteiger partial charge in [0.15, 0.2) is 11.5 Å². The molecular weight excluding hydrogens is 451 g/mol. The number of rotatable bonds is 3. The maximum Gasteiger partial charge on any atom is 0.231 e. The van der Waals surface area contributed by atoms with Crippen LogP contribution in [0.1, 0.15) is 28.9 Å². The van der Waals surface area contributed by atoms with Gasteiger partial charge < -0.3 is 19.9 Å². The van der Waals surface area contributed by atoms with E-state index >= 15 is 0 Å². The van der Waals surface area contributed by atoms with Crippen LogP contribution in [0.5, 0.6) is 17.2 Å².